The first-order valence-corrected chi connectivity index (χ1v) is 9.54. The predicted octanol–water partition coefficient (Wildman–Crippen LogP) is 2.31. The molecule has 1 amide bonds. The molecule has 0 unspecified atom stereocenters. The summed E-state index contributed by atoms with van der Waals surface area (Å²) >= 11 is 1.19. The number of nitrogens with one attached hydrogen (secondary N) is 1. The van der Waals surface area contributed by atoms with Crippen molar-refractivity contribution in [2.45, 2.75) is 44.0 Å². The number of hydrogen-bond acceptors (Lipinski definition) is 4. The average Bonchev–Trinajstić information content (AvgIpc) is 2.88. The first kappa shape index (κ1) is 16.5. The monoisotopic (exact) mass is 330 g/mol. The lowest BCUT2D eigenvalue weighted by Gasteiger charge is -2.28. The molecule has 2 atom stereocenters. The SMILES string of the molecule is CNS(=O)(=O)c1csc(C(=O)N2C[C@H](C)CCC[C@H]2C)c1. The summed E-state index contributed by atoms with van der Waals surface area (Å²) in [6.07, 6.45) is 3.27. The fourth-order valence-electron chi connectivity index (χ4n) is 2.64. The number of nitrogens with zero attached hydrogens (tertiary/aromatic N) is 1. The first-order chi connectivity index (χ1) is 9.85. The van der Waals surface area contributed by atoms with Crippen LogP contribution < -0.4 is 4.72 Å². The molecular weight excluding hydrogens is 308 g/mol. The van der Waals surface area contributed by atoms with Crippen molar-refractivity contribution >= 4 is 27.3 Å². The van der Waals surface area contributed by atoms with E-state index in [9.17, 15) is 13.2 Å². The second kappa shape index (κ2) is 6.46. The number of thiophene rings is 1. The van der Waals surface area contributed by atoms with Gasteiger partial charge in [-0.05, 0) is 38.8 Å². The number of sulfonamides is 1. The molecule has 0 aromatic carbocycles. The number of carbonyl (C=O) groups is 1. The molecule has 1 N–H and O–H groups in total. The Hall–Kier alpha value is -0.920. The van der Waals surface area contributed by atoms with E-state index in [1.165, 1.54) is 29.8 Å². The van der Waals surface area contributed by atoms with Gasteiger partial charge >= 0.3 is 0 Å². The smallest absolute Gasteiger partial charge is 0.264 e. The maximum atomic E-state index is 12.7. The first-order valence-electron chi connectivity index (χ1n) is 7.18. The van der Waals surface area contributed by atoms with E-state index in [0.717, 1.165) is 25.8 Å². The molecule has 118 valence electrons. The molecule has 0 saturated carbocycles. The van der Waals surface area contributed by atoms with Gasteiger partial charge in [-0.15, -0.1) is 11.3 Å². The quantitative estimate of drug-likeness (QED) is 0.925. The van der Waals surface area contributed by atoms with Crippen LogP contribution in [0.25, 0.3) is 0 Å². The van der Waals surface area contributed by atoms with Crippen molar-refractivity contribution in [3.8, 4) is 0 Å². The molecule has 1 aliphatic heterocycles. The Morgan fingerprint density at radius 3 is 2.76 bits per heavy atom. The molecule has 7 heteroatoms. The number of hydrogen-bond donors (Lipinski definition) is 1. The van der Waals surface area contributed by atoms with Crippen molar-refractivity contribution < 1.29 is 13.2 Å². The van der Waals surface area contributed by atoms with Crippen molar-refractivity contribution in [1.82, 2.24) is 9.62 Å². The Labute approximate surface area is 130 Å². The summed E-state index contributed by atoms with van der Waals surface area (Å²) < 4.78 is 25.8. The molecular formula is C14H22N2O3S2. The van der Waals surface area contributed by atoms with E-state index < -0.39 is 10.0 Å². The molecule has 0 bridgehead atoms. The summed E-state index contributed by atoms with van der Waals surface area (Å²) in [7, 11) is -2.12. The molecule has 0 radical (unpaired) electrons. The van der Waals surface area contributed by atoms with Crippen LogP contribution in [-0.2, 0) is 10.0 Å². The lowest BCUT2D eigenvalue weighted by atomic mass is 10.1. The molecule has 1 aliphatic rings. The van der Waals surface area contributed by atoms with E-state index in [-0.39, 0.29) is 16.8 Å². The largest absolute Gasteiger partial charge is 0.335 e. The summed E-state index contributed by atoms with van der Waals surface area (Å²) in [5.74, 6) is 0.429. The highest BCUT2D eigenvalue weighted by Gasteiger charge is 2.27. The topological polar surface area (TPSA) is 66.5 Å². The Bertz CT molecular complexity index is 609. The second-order valence-electron chi connectivity index (χ2n) is 5.70. The van der Waals surface area contributed by atoms with Crippen LogP contribution in [0.15, 0.2) is 16.3 Å². The Kier molecular flexibility index (Phi) is 5.06. The van der Waals surface area contributed by atoms with Crippen LogP contribution in [0.2, 0.25) is 0 Å². The normalized spacial score (nSPS) is 23.9. The fourth-order valence-corrected chi connectivity index (χ4v) is 4.60. The minimum absolute atomic E-state index is 0.0567. The highest BCUT2D eigenvalue weighted by molar-refractivity contribution is 7.89. The zero-order chi connectivity index (χ0) is 15.6. The van der Waals surface area contributed by atoms with E-state index in [4.69, 9.17) is 0 Å². The van der Waals surface area contributed by atoms with Gasteiger partial charge in [-0.2, -0.15) is 0 Å². The molecule has 1 saturated heterocycles. The molecule has 0 spiro atoms. The van der Waals surface area contributed by atoms with Gasteiger partial charge in [0.05, 0.1) is 9.77 Å². The zero-order valence-corrected chi connectivity index (χ0v) is 14.3. The van der Waals surface area contributed by atoms with Gasteiger partial charge in [-0.3, -0.25) is 4.79 Å². The van der Waals surface area contributed by atoms with Crippen molar-refractivity contribution in [1.29, 1.82) is 0 Å². The zero-order valence-electron chi connectivity index (χ0n) is 12.6. The summed E-state index contributed by atoms with van der Waals surface area (Å²) in [5.41, 5.74) is 0. The number of rotatable bonds is 3. The van der Waals surface area contributed by atoms with Gasteiger partial charge in [0.1, 0.15) is 0 Å². The van der Waals surface area contributed by atoms with Gasteiger partial charge in [0.2, 0.25) is 10.0 Å². The Morgan fingerprint density at radius 2 is 2.10 bits per heavy atom. The highest BCUT2D eigenvalue weighted by Crippen LogP contribution is 2.26. The third-order valence-electron chi connectivity index (χ3n) is 3.99. The summed E-state index contributed by atoms with van der Waals surface area (Å²) in [4.78, 5) is 15.2. The molecule has 1 aromatic heterocycles. The third kappa shape index (κ3) is 3.64. The summed E-state index contributed by atoms with van der Waals surface area (Å²) in [5, 5.41) is 1.52. The van der Waals surface area contributed by atoms with Gasteiger partial charge in [-0.1, -0.05) is 13.3 Å². The third-order valence-corrected chi connectivity index (χ3v) is 6.45. The second-order valence-corrected chi connectivity index (χ2v) is 8.49. The van der Waals surface area contributed by atoms with E-state index in [1.807, 2.05) is 4.90 Å². The average molecular weight is 330 g/mol. The maximum absolute atomic E-state index is 12.7. The van der Waals surface area contributed by atoms with E-state index in [1.54, 1.807) is 0 Å². The van der Waals surface area contributed by atoms with Crippen LogP contribution in [0.1, 0.15) is 42.8 Å². The van der Waals surface area contributed by atoms with Gasteiger partial charge in [0.15, 0.2) is 0 Å². The Balaban J connectivity index is 2.23. The lowest BCUT2D eigenvalue weighted by Crippen LogP contribution is -2.39. The van der Waals surface area contributed by atoms with Crippen molar-refractivity contribution in [3.63, 3.8) is 0 Å². The molecule has 2 heterocycles. The maximum Gasteiger partial charge on any atom is 0.264 e. The number of likely N-dealkylation sites (tertiary alicyclic amines) is 1. The lowest BCUT2D eigenvalue weighted by molar-refractivity contribution is 0.0682. The van der Waals surface area contributed by atoms with Gasteiger partial charge in [0.25, 0.3) is 5.91 Å². The van der Waals surface area contributed by atoms with Crippen LogP contribution in [0.5, 0.6) is 0 Å². The molecule has 2 rings (SSSR count). The van der Waals surface area contributed by atoms with Gasteiger partial charge in [0, 0.05) is 18.0 Å². The van der Waals surface area contributed by atoms with Crippen LogP contribution in [0, 0.1) is 5.92 Å². The predicted molar refractivity (Wildman–Crippen MR) is 84.1 cm³/mol. The van der Waals surface area contributed by atoms with Crippen LogP contribution in [-0.4, -0.2) is 38.9 Å². The molecule has 0 aliphatic carbocycles. The van der Waals surface area contributed by atoms with Crippen LogP contribution >= 0.6 is 11.3 Å². The highest BCUT2D eigenvalue weighted by atomic mass is 32.2. The summed E-state index contributed by atoms with van der Waals surface area (Å²) in [6.45, 7) is 4.96. The van der Waals surface area contributed by atoms with Gasteiger partial charge < -0.3 is 4.90 Å². The standard InChI is InChI=1S/C14H22N2O3S2/c1-10-5-4-6-11(2)16(8-10)14(17)13-7-12(9-20-13)21(18,19)15-3/h7,9-11,15H,4-6,8H2,1-3H3/t10-,11-/m1/s1. The minimum Gasteiger partial charge on any atom is -0.335 e. The minimum atomic E-state index is -3.48. The number of carbonyl (C=O) groups excluding carboxylic acids is 1. The van der Waals surface area contributed by atoms with E-state index >= 15 is 0 Å². The molecule has 1 aromatic rings. The van der Waals surface area contributed by atoms with Crippen molar-refractivity contribution in [2.75, 3.05) is 13.6 Å². The van der Waals surface area contributed by atoms with Crippen molar-refractivity contribution in [3.05, 3.63) is 16.3 Å². The van der Waals surface area contributed by atoms with E-state index in [2.05, 4.69) is 18.6 Å². The fraction of sp³-hybridized carbons (Fsp3) is 0.643. The number of amides is 1. The molecule has 21 heavy (non-hydrogen) atoms. The van der Waals surface area contributed by atoms with Crippen molar-refractivity contribution in [2.24, 2.45) is 5.92 Å². The Morgan fingerprint density at radius 1 is 1.38 bits per heavy atom. The van der Waals surface area contributed by atoms with Gasteiger partial charge in [-0.25, -0.2) is 13.1 Å². The summed E-state index contributed by atoms with van der Waals surface area (Å²) in [6, 6.07) is 1.68. The molecule has 1 fully saturated rings. The molecule has 5 nitrogen and oxygen atoms in total. The van der Waals surface area contributed by atoms with Crippen LogP contribution in [0.3, 0.4) is 0 Å². The van der Waals surface area contributed by atoms with Crippen LogP contribution in [0.4, 0.5) is 0 Å². The van der Waals surface area contributed by atoms with E-state index in [0.29, 0.717) is 10.8 Å².